The molecule has 6 nitrogen and oxygen atoms in total. The fraction of sp³-hybridized carbons (Fsp3) is 0.364. The highest BCUT2D eigenvalue weighted by Crippen LogP contribution is 2.09. The van der Waals surface area contributed by atoms with E-state index < -0.39 is 11.7 Å². The minimum atomic E-state index is -0.539. The number of carbonyl (C=O) groups is 1. The van der Waals surface area contributed by atoms with E-state index in [9.17, 15) is 4.79 Å². The number of imidazole rings is 1. The largest absolute Gasteiger partial charge is 0.443 e. The van der Waals surface area contributed by atoms with Gasteiger partial charge in [-0.05, 0) is 32.9 Å². The fourth-order valence-electron chi connectivity index (χ4n) is 1.33. The van der Waals surface area contributed by atoms with Crippen molar-refractivity contribution in [3.8, 4) is 0 Å². The van der Waals surface area contributed by atoms with Crippen LogP contribution in [0.4, 0.5) is 4.79 Å². The van der Waals surface area contributed by atoms with Gasteiger partial charge in [0, 0.05) is 6.20 Å². The van der Waals surface area contributed by atoms with Crippen molar-refractivity contribution in [2.45, 2.75) is 26.4 Å². The van der Waals surface area contributed by atoms with Crippen molar-refractivity contribution in [1.82, 2.24) is 14.6 Å². The zero-order chi connectivity index (χ0) is 12.5. The first-order valence-corrected chi connectivity index (χ1v) is 5.24. The predicted molar refractivity (Wildman–Crippen MR) is 63.1 cm³/mol. The molecule has 2 rings (SSSR count). The van der Waals surface area contributed by atoms with Crippen LogP contribution in [0.2, 0.25) is 0 Å². The Labute approximate surface area is 98.6 Å². The van der Waals surface area contributed by atoms with Crippen molar-refractivity contribution in [2.24, 2.45) is 0 Å². The Morgan fingerprint density at radius 2 is 2.18 bits per heavy atom. The van der Waals surface area contributed by atoms with Crippen LogP contribution in [0.15, 0.2) is 24.7 Å². The maximum absolute atomic E-state index is 11.6. The molecular weight excluding hydrogens is 220 g/mol. The molecule has 0 bridgehead atoms. The second-order valence-electron chi connectivity index (χ2n) is 4.57. The number of fused-ring (bicyclic) bond motifs is 1. The number of nitrogens with one attached hydrogen (secondary N) is 1. The lowest BCUT2D eigenvalue weighted by molar-refractivity contribution is 0.0614. The van der Waals surface area contributed by atoms with Gasteiger partial charge in [-0.1, -0.05) is 0 Å². The highest BCUT2D eigenvalue weighted by Gasteiger charge is 2.16. The third-order valence-corrected chi connectivity index (χ3v) is 1.92. The van der Waals surface area contributed by atoms with Crippen LogP contribution in [0.1, 0.15) is 20.8 Å². The summed E-state index contributed by atoms with van der Waals surface area (Å²) in [6.07, 6.45) is 2.58. The molecule has 0 radical (unpaired) electrons. The average molecular weight is 234 g/mol. The fourth-order valence-corrected chi connectivity index (χ4v) is 1.33. The van der Waals surface area contributed by atoms with Gasteiger partial charge in [0.25, 0.3) is 0 Å². The predicted octanol–water partition coefficient (Wildman–Crippen LogP) is 1.91. The van der Waals surface area contributed by atoms with Gasteiger partial charge in [0.15, 0.2) is 5.65 Å². The topological polar surface area (TPSA) is 69.0 Å². The third kappa shape index (κ3) is 2.72. The maximum atomic E-state index is 11.6. The Balaban J connectivity index is 2.16. The second-order valence-corrected chi connectivity index (χ2v) is 4.57. The van der Waals surface area contributed by atoms with Crippen LogP contribution in [0.25, 0.3) is 11.2 Å². The Hall–Kier alpha value is -2.11. The van der Waals surface area contributed by atoms with E-state index in [0.29, 0.717) is 11.2 Å². The highest BCUT2D eigenvalue weighted by molar-refractivity contribution is 5.79. The van der Waals surface area contributed by atoms with E-state index in [1.807, 2.05) is 6.07 Å². The lowest BCUT2D eigenvalue weighted by Gasteiger charge is -2.19. The highest BCUT2D eigenvalue weighted by atomic mass is 16.6. The SMILES string of the molecule is CC(C)(C)OC(=O)Nn1cnc2cccnc21. The molecule has 0 aliphatic heterocycles. The quantitative estimate of drug-likeness (QED) is 0.818. The summed E-state index contributed by atoms with van der Waals surface area (Å²) in [5.41, 5.74) is 3.31. The van der Waals surface area contributed by atoms with E-state index in [1.165, 1.54) is 11.0 Å². The lowest BCUT2D eigenvalue weighted by atomic mass is 10.2. The lowest BCUT2D eigenvalue weighted by Crippen LogP contribution is -2.31. The summed E-state index contributed by atoms with van der Waals surface area (Å²) in [5.74, 6) is 0. The molecule has 0 atom stereocenters. The average Bonchev–Trinajstić information content (AvgIpc) is 2.59. The zero-order valence-corrected chi connectivity index (χ0v) is 9.97. The number of rotatable bonds is 1. The molecule has 0 aromatic carbocycles. The van der Waals surface area contributed by atoms with Crippen molar-refractivity contribution in [1.29, 1.82) is 0 Å². The molecule has 1 N–H and O–H groups in total. The number of aromatic nitrogens is 3. The second kappa shape index (κ2) is 4.04. The molecular formula is C11H14N4O2. The van der Waals surface area contributed by atoms with E-state index in [4.69, 9.17) is 4.74 Å². The van der Waals surface area contributed by atoms with Crippen LogP contribution in [-0.4, -0.2) is 26.3 Å². The Morgan fingerprint density at radius 1 is 1.41 bits per heavy atom. The first kappa shape index (κ1) is 11.4. The van der Waals surface area contributed by atoms with Gasteiger partial charge in [0.05, 0.1) is 0 Å². The van der Waals surface area contributed by atoms with Crippen LogP contribution in [-0.2, 0) is 4.74 Å². The van der Waals surface area contributed by atoms with Crippen LogP contribution >= 0.6 is 0 Å². The number of carbonyl (C=O) groups excluding carboxylic acids is 1. The van der Waals surface area contributed by atoms with Crippen LogP contribution < -0.4 is 5.43 Å². The summed E-state index contributed by atoms with van der Waals surface area (Å²) < 4.78 is 6.57. The molecule has 2 aromatic heterocycles. The molecule has 1 amide bonds. The monoisotopic (exact) mass is 234 g/mol. The first-order chi connectivity index (χ1) is 7.96. The zero-order valence-electron chi connectivity index (χ0n) is 9.97. The molecule has 0 aliphatic rings. The minimum Gasteiger partial charge on any atom is -0.443 e. The summed E-state index contributed by atoms with van der Waals surface area (Å²) >= 11 is 0. The summed E-state index contributed by atoms with van der Waals surface area (Å²) in [7, 11) is 0. The molecule has 0 fully saturated rings. The van der Waals surface area contributed by atoms with Crippen LogP contribution in [0.3, 0.4) is 0 Å². The van der Waals surface area contributed by atoms with Crippen molar-refractivity contribution >= 4 is 17.3 Å². The van der Waals surface area contributed by atoms with Crippen molar-refractivity contribution in [2.75, 3.05) is 5.43 Å². The van der Waals surface area contributed by atoms with Gasteiger partial charge in [-0.3, -0.25) is 0 Å². The van der Waals surface area contributed by atoms with Gasteiger partial charge in [-0.25, -0.2) is 24.9 Å². The smallest absolute Gasteiger partial charge is 0.427 e. The summed E-state index contributed by atoms with van der Waals surface area (Å²) in [6.45, 7) is 5.41. The van der Waals surface area contributed by atoms with E-state index in [-0.39, 0.29) is 0 Å². The number of pyridine rings is 1. The minimum absolute atomic E-state index is 0.534. The van der Waals surface area contributed by atoms with Gasteiger partial charge < -0.3 is 4.74 Å². The van der Waals surface area contributed by atoms with Gasteiger partial charge in [-0.2, -0.15) is 0 Å². The van der Waals surface area contributed by atoms with E-state index in [1.54, 1.807) is 33.0 Å². The number of nitrogens with zero attached hydrogens (tertiary/aromatic N) is 3. The van der Waals surface area contributed by atoms with E-state index in [2.05, 4.69) is 15.4 Å². The summed E-state index contributed by atoms with van der Waals surface area (Å²) in [4.78, 5) is 19.8. The summed E-state index contributed by atoms with van der Waals surface area (Å²) in [5, 5.41) is 0. The number of ether oxygens (including phenoxy) is 1. The molecule has 0 aliphatic carbocycles. The first-order valence-electron chi connectivity index (χ1n) is 5.24. The molecule has 0 unspecified atom stereocenters. The normalized spacial score (nSPS) is 11.5. The van der Waals surface area contributed by atoms with E-state index >= 15 is 0 Å². The van der Waals surface area contributed by atoms with Crippen LogP contribution in [0.5, 0.6) is 0 Å². The van der Waals surface area contributed by atoms with Gasteiger partial charge in [0.2, 0.25) is 0 Å². The maximum Gasteiger partial charge on any atom is 0.427 e. The van der Waals surface area contributed by atoms with Crippen molar-refractivity contribution in [3.05, 3.63) is 24.7 Å². The number of hydrogen-bond donors (Lipinski definition) is 1. The van der Waals surface area contributed by atoms with Gasteiger partial charge in [-0.15, -0.1) is 0 Å². The van der Waals surface area contributed by atoms with Gasteiger partial charge in [0.1, 0.15) is 17.4 Å². The van der Waals surface area contributed by atoms with Gasteiger partial charge >= 0.3 is 6.09 Å². The number of amides is 1. The Bertz CT molecular complexity index is 542. The van der Waals surface area contributed by atoms with Crippen molar-refractivity contribution in [3.63, 3.8) is 0 Å². The molecule has 2 aromatic rings. The standard InChI is InChI=1S/C11H14N4O2/c1-11(2,3)17-10(16)14-15-7-13-8-5-4-6-12-9(8)15/h4-7H,1-3H3,(H,14,16). The molecule has 17 heavy (non-hydrogen) atoms. The third-order valence-electron chi connectivity index (χ3n) is 1.92. The molecule has 2 heterocycles. The molecule has 0 spiro atoms. The Kier molecular flexibility index (Phi) is 2.71. The van der Waals surface area contributed by atoms with Crippen molar-refractivity contribution < 1.29 is 9.53 Å². The van der Waals surface area contributed by atoms with Crippen LogP contribution in [0, 0.1) is 0 Å². The van der Waals surface area contributed by atoms with E-state index in [0.717, 1.165) is 0 Å². The molecule has 0 saturated heterocycles. The summed E-state index contributed by atoms with van der Waals surface area (Å²) in [6, 6.07) is 3.60. The molecule has 6 heteroatoms. The molecule has 90 valence electrons. The number of hydrogen-bond acceptors (Lipinski definition) is 4. The molecule has 0 saturated carbocycles. The Morgan fingerprint density at radius 3 is 2.88 bits per heavy atom.